The van der Waals surface area contributed by atoms with Crippen molar-refractivity contribution in [2.45, 2.75) is 39.4 Å². The number of hydrogen-bond donors (Lipinski definition) is 1. The van der Waals surface area contributed by atoms with Crippen molar-refractivity contribution in [3.63, 3.8) is 0 Å². The van der Waals surface area contributed by atoms with Gasteiger partial charge in [-0.3, -0.25) is 0 Å². The van der Waals surface area contributed by atoms with Gasteiger partial charge >= 0.3 is 0 Å². The van der Waals surface area contributed by atoms with Crippen molar-refractivity contribution in [3.05, 3.63) is 59.7 Å². The van der Waals surface area contributed by atoms with Gasteiger partial charge in [-0.2, -0.15) is 0 Å². The van der Waals surface area contributed by atoms with Gasteiger partial charge in [0.05, 0.1) is 19.3 Å². The van der Waals surface area contributed by atoms with Crippen LogP contribution in [0.25, 0.3) is 0 Å². The second-order valence-corrected chi connectivity index (χ2v) is 4.95. The maximum Gasteiger partial charge on any atom is 0.0747 e. The molecule has 104 valence electrons. The molecule has 1 aromatic rings. The van der Waals surface area contributed by atoms with Crippen molar-refractivity contribution in [1.82, 2.24) is 0 Å². The Morgan fingerprint density at radius 1 is 1.32 bits per heavy atom. The predicted octanol–water partition coefficient (Wildman–Crippen LogP) is 3.87. The number of rotatable bonds is 8. The van der Waals surface area contributed by atoms with E-state index >= 15 is 0 Å². The van der Waals surface area contributed by atoms with Gasteiger partial charge in [0.25, 0.3) is 0 Å². The van der Waals surface area contributed by atoms with E-state index in [0.29, 0.717) is 13.2 Å². The molecule has 1 rings (SSSR count). The molecule has 0 radical (unpaired) electrons. The molecule has 0 saturated heterocycles. The Bertz CT molecular complexity index is 407. The molecule has 1 unspecified atom stereocenters. The molecule has 0 heterocycles. The molecule has 19 heavy (non-hydrogen) atoms. The summed E-state index contributed by atoms with van der Waals surface area (Å²) in [6.45, 7) is 8.92. The third-order valence-corrected chi connectivity index (χ3v) is 3.04. The van der Waals surface area contributed by atoms with Crippen LogP contribution in [0.4, 0.5) is 0 Å². The molecule has 2 nitrogen and oxygen atoms in total. The van der Waals surface area contributed by atoms with Gasteiger partial charge in [-0.05, 0) is 32.3 Å². The van der Waals surface area contributed by atoms with Gasteiger partial charge < -0.3 is 9.84 Å². The molecule has 0 aliphatic carbocycles. The summed E-state index contributed by atoms with van der Waals surface area (Å²) < 4.78 is 5.59. The second-order valence-electron chi connectivity index (χ2n) is 4.95. The molecule has 0 aliphatic heterocycles. The largest absolute Gasteiger partial charge is 0.389 e. The fraction of sp³-hybridized carbons (Fsp3) is 0.412. The normalized spacial score (nSPS) is 13.3. The van der Waals surface area contributed by atoms with Crippen LogP contribution in [0, 0.1) is 0 Å². The molecular weight excluding hydrogens is 236 g/mol. The minimum absolute atomic E-state index is 0.395. The van der Waals surface area contributed by atoms with Crippen LogP contribution in [0.2, 0.25) is 0 Å². The van der Waals surface area contributed by atoms with E-state index in [1.807, 2.05) is 25.1 Å². The Kier molecular flexibility index (Phi) is 7.16. The van der Waals surface area contributed by atoms with Crippen molar-refractivity contribution < 1.29 is 9.84 Å². The number of ether oxygens (including phenoxy) is 1. The Labute approximate surface area is 116 Å². The van der Waals surface area contributed by atoms with Gasteiger partial charge in [-0.15, -0.1) is 0 Å². The zero-order valence-corrected chi connectivity index (χ0v) is 11.9. The van der Waals surface area contributed by atoms with E-state index in [-0.39, 0.29) is 0 Å². The van der Waals surface area contributed by atoms with Crippen LogP contribution < -0.4 is 0 Å². The molecule has 0 amide bonds. The number of hydrogen-bond acceptors (Lipinski definition) is 2. The topological polar surface area (TPSA) is 29.5 Å². The molecule has 1 N–H and O–H groups in total. The van der Waals surface area contributed by atoms with Gasteiger partial charge in [0.2, 0.25) is 0 Å². The van der Waals surface area contributed by atoms with E-state index < -0.39 is 6.10 Å². The quantitative estimate of drug-likeness (QED) is 0.568. The molecule has 2 heteroatoms. The highest BCUT2D eigenvalue weighted by molar-refractivity contribution is 5.13. The minimum Gasteiger partial charge on any atom is -0.389 e. The van der Waals surface area contributed by atoms with Crippen LogP contribution in [-0.4, -0.2) is 17.8 Å². The summed E-state index contributed by atoms with van der Waals surface area (Å²) in [5.74, 6) is 0. The zero-order valence-electron chi connectivity index (χ0n) is 11.9. The van der Waals surface area contributed by atoms with Gasteiger partial charge in [0.15, 0.2) is 0 Å². The predicted molar refractivity (Wildman–Crippen MR) is 79.9 cm³/mol. The molecule has 1 atom stereocenters. The van der Waals surface area contributed by atoms with E-state index in [2.05, 4.69) is 31.7 Å². The van der Waals surface area contributed by atoms with Gasteiger partial charge in [0, 0.05) is 0 Å². The lowest BCUT2D eigenvalue weighted by Gasteiger charge is -2.10. The summed E-state index contributed by atoms with van der Waals surface area (Å²) in [7, 11) is 0. The van der Waals surface area contributed by atoms with Gasteiger partial charge in [-0.1, -0.05) is 54.1 Å². The van der Waals surface area contributed by atoms with E-state index in [1.165, 1.54) is 11.1 Å². The lowest BCUT2D eigenvalue weighted by Crippen LogP contribution is -2.07. The first kappa shape index (κ1) is 15.7. The van der Waals surface area contributed by atoms with Crippen molar-refractivity contribution in [1.29, 1.82) is 0 Å². The van der Waals surface area contributed by atoms with Crippen LogP contribution in [0.1, 0.15) is 32.3 Å². The highest BCUT2D eigenvalue weighted by Crippen LogP contribution is 2.11. The summed E-state index contributed by atoms with van der Waals surface area (Å²) in [4.78, 5) is 0. The fourth-order valence-corrected chi connectivity index (χ4v) is 1.67. The summed E-state index contributed by atoms with van der Waals surface area (Å²) >= 11 is 0. The molecule has 0 spiro atoms. The Balaban J connectivity index is 2.19. The minimum atomic E-state index is -0.395. The molecule has 0 bridgehead atoms. The Morgan fingerprint density at radius 2 is 2.00 bits per heavy atom. The van der Waals surface area contributed by atoms with E-state index in [1.54, 1.807) is 0 Å². The maximum absolute atomic E-state index is 9.64. The van der Waals surface area contributed by atoms with E-state index in [4.69, 9.17) is 4.74 Å². The Morgan fingerprint density at radius 3 is 2.63 bits per heavy atom. The van der Waals surface area contributed by atoms with Crippen molar-refractivity contribution in [2.24, 2.45) is 0 Å². The second kappa shape index (κ2) is 8.68. The van der Waals surface area contributed by atoms with E-state index in [9.17, 15) is 5.11 Å². The first-order chi connectivity index (χ1) is 9.09. The highest BCUT2D eigenvalue weighted by Gasteiger charge is 2.03. The third kappa shape index (κ3) is 6.94. The van der Waals surface area contributed by atoms with Crippen LogP contribution in [0.15, 0.2) is 54.1 Å². The summed E-state index contributed by atoms with van der Waals surface area (Å²) in [6.07, 6.45) is 3.29. The van der Waals surface area contributed by atoms with Crippen LogP contribution in [0.5, 0.6) is 0 Å². The summed E-state index contributed by atoms with van der Waals surface area (Å²) in [6, 6.07) is 10.1. The number of allylic oxidation sites excluding steroid dienone is 1. The molecule has 1 aromatic carbocycles. The zero-order chi connectivity index (χ0) is 14.1. The van der Waals surface area contributed by atoms with Gasteiger partial charge in [-0.25, -0.2) is 0 Å². The molecular formula is C17H24O2. The number of aliphatic hydroxyl groups excluding tert-OH is 1. The van der Waals surface area contributed by atoms with Crippen LogP contribution >= 0.6 is 0 Å². The van der Waals surface area contributed by atoms with Crippen LogP contribution in [0.3, 0.4) is 0 Å². The van der Waals surface area contributed by atoms with Crippen molar-refractivity contribution >= 4 is 0 Å². The average Bonchev–Trinajstić information content (AvgIpc) is 2.42. The molecule has 0 fully saturated rings. The Hall–Kier alpha value is -1.38. The lowest BCUT2D eigenvalue weighted by atomic mass is 10.0. The van der Waals surface area contributed by atoms with E-state index in [0.717, 1.165) is 18.4 Å². The summed E-state index contributed by atoms with van der Waals surface area (Å²) in [5.41, 5.74) is 3.26. The van der Waals surface area contributed by atoms with Crippen molar-refractivity contribution in [2.75, 3.05) is 6.61 Å². The van der Waals surface area contributed by atoms with Crippen LogP contribution in [-0.2, 0) is 11.3 Å². The molecule has 0 saturated carbocycles. The molecule has 0 aliphatic rings. The standard InChI is InChI=1S/C17H24O2/c1-14(2)17(18)10-9-15(3)11-12-19-13-16-7-5-4-6-8-16/h4-8,11,17-18H,1,9-10,12-13H2,2-3H3. The van der Waals surface area contributed by atoms with Gasteiger partial charge in [0.1, 0.15) is 0 Å². The number of benzene rings is 1. The highest BCUT2D eigenvalue weighted by atomic mass is 16.5. The monoisotopic (exact) mass is 260 g/mol. The summed E-state index contributed by atoms with van der Waals surface area (Å²) in [5, 5.41) is 9.64. The SMILES string of the molecule is C=C(C)C(O)CCC(C)=CCOCc1ccccc1. The first-order valence-electron chi connectivity index (χ1n) is 6.70. The third-order valence-electron chi connectivity index (χ3n) is 3.04. The molecule has 0 aromatic heterocycles. The average molecular weight is 260 g/mol. The smallest absolute Gasteiger partial charge is 0.0747 e. The number of aliphatic hydroxyl groups is 1. The maximum atomic E-state index is 9.64. The lowest BCUT2D eigenvalue weighted by molar-refractivity contribution is 0.148. The van der Waals surface area contributed by atoms with Crippen molar-refractivity contribution in [3.8, 4) is 0 Å². The fourth-order valence-electron chi connectivity index (χ4n) is 1.67. The first-order valence-corrected chi connectivity index (χ1v) is 6.70.